The number of hydrogen-bond donors (Lipinski definition) is 3. The predicted octanol–water partition coefficient (Wildman–Crippen LogP) is 3.34. The van der Waals surface area contributed by atoms with Crippen LogP contribution in [0.3, 0.4) is 0 Å². The molecule has 3 aliphatic rings. The maximum Gasteiger partial charge on any atom is 0.177 e. The van der Waals surface area contributed by atoms with E-state index < -0.39 is 6.04 Å². The second-order valence-corrected chi connectivity index (χ2v) is 9.37. The molecule has 9 heteroatoms. The summed E-state index contributed by atoms with van der Waals surface area (Å²) in [6, 6.07) is 10.1. The van der Waals surface area contributed by atoms with Crippen LogP contribution in [-0.4, -0.2) is 53.6 Å². The number of piperidine rings is 1. The Morgan fingerprint density at radius 3 is 2.72 bits per heavy atom. The standard InChI is InChI=1S/C27H30N6O3/c34-17-24-26-20(7-10-29-24)13-23(21-14-30-33(15-21)16-25-35-11-12-36-25)32-27(26)31-22-3-1-18(2-4-22)19-5-8-28-9-6-19/h1-4,7,10,13-15,17,19,24-25,28-29H,5-6,8-9,11-12,16H2,(H,31,32). The van der Waals surface area contributed by atoms with Crippen molar-refractivity contribution in [1.82, 2.24) is 25.4 Å². The molecule has 0 amide bonds. The van der Waals surface area contributed by atoms with E-state index >= 15 is 0 Å². The second kappa shape index (κ2) is 10.2. The highest BCUT2D eigenvalue weighted by atomic mass is 16.7. The first-order valence-electron chi connectivity index (χ1n) is 12.5. The number of rotatable bonds is 7. The monoisotopic (exact) mass is 486 g/mol. The highest BCUT2D eigenvalue weighted by Crippen LogP contribution is 2.34. The van der Waals surface area contributed by atoms with Crippen LogP contribution in [0.1, 0.15) is 41.5 Å². The van der Waals surface area contributed by atoms with Gasteiger partial charge < -0.3 is 30.2 Å². The molecule has 0 spiro atoms. The number of ether oxygens (including phenoxy) is 2. The number of aldehydes is 1. The number of benzene rings is 1. The Morgan fingerprint density at radius 2 is 1.94 bits per heavy atom. The summed E-state index contributed by atoms with van der Waals surface area (Å²) >= 11 is 0. The molecule has 1 aromatic carbocycles. The molecule has 2 fully saturated rings. The number of pyridine rings is 1. The zero-order valence-corrected chi connectivity index (χ0v) is 20.0. The Kier molecular flexibility index (Phi) is 6.50. The van der Waals surface area contributed by atoms with E-state index in [1.165, 1.54) is 5.56 Å². The van der Waals surface area contributed by atoms with Crippen LogP contribution in [0.4, 0.5) is 11.5 Å². The molecule has 1 unspecified atom stereocenters. The van der Waals surface area contributed by atoms with Crippen molar-refractivity contribution in [3.8, 4) is 11.3 Å². The average molecular weight is 487 g/mol. The van der Waals surface area contributed by atoms with Crippen molar-refractivity contribution >= 4 is 23.9 Å². The summed E-state index contributed by atoms with van der Waals surface area (Å²) in [7, 11) is 0. The van der Waals surface area contributed by atoms with Crippen LogP contribution in [-0.2, 0) is 20.8 Å². The van der Waals surface area contributed by atoms with Crippen LogP contribution in [0.15, 0.2) is 48.9 Å². The summed E-state index contributed by atoms with van der Waals surface area (Å²) in [4.78, 5) is 16.8. The highest BCUT2D eigenvalue weighted by molar-refractivity contribution is 5.79. The first-order valence-corrected chi connectivity index (χ1v) is 12.5. The van der Waals surface area contributed by atoms with Gasteiger partial charge in [0.05, 0.1) is 31.6 Å². The van der Waals surface area contributed by atoms with E-state index in [0.717, 1.165) is 60.3 Å². The summed E-state index contributed by atoms with van der Waals surface area (Å²) in [5, 5.41) is 14.5. The van der Waals surface area contributed by atoms with Gasteiger partial charge >= 0.3 is 0 Å². The van der Waals surface area contributed by atoms with Gasteiger partial charge in [-0.05, 0) is 73.5 Å². The fourth-order valence-corrected chi connectivity index (χ4v) is 5.11. The maximum absolute atomic E-state index is 11.9. The topological polar surface area (TPSA) is 102 Å². The summed E-state index contributed by atoms with van der Waals surface area (Å²) < 4.78 is 12.9. The van der Waals surface area contributed by atoms with Crippen molar-refractivity contribution in [1.29, 1.82) is 0 Å². The quantitative estimate of drug-likeness (QED) is 0.437. The van der Waals surface area contributed by atoms with Gasteiger partial charge in [-0.25, -0.2) is 4.98 Å². The van der Waals surface area contributed by atoms with Crippen molar-refractivity contribution in [2.75, 3.05) is 31.6 Å². The molecule has 5 heterocycles. The fraction of sp³-hybridized carbons (Fsp3) is 0.370. The predicted molar refractivity (Wildman–Crippen MR) is 137 cm³/mol. The SMILES string of the molecule is O=CC1NC=Cc2cc(-c3cnn(CC4OCCO4)c3)nc(Nc3ccc(C4CCNCC4)cc3)c21. The van der Waals surface area contributed by atoms with Crippen LogP contribution < -0.4 is 16.0 Å². The van der Waals surface area contributed by atoms with Gasteiger partial charge in [-0.15, -0.1) is 0 Å². The minimum atomic E-state index is -0.470. The van der Waals surface area contributed by atoms with Crippen molar-refractivity contribution < 1.29 is 14.3 Å². The number of aromatic nitrogens is 3. The molecular formula is C27H30N6O3. The van der Waals surface area contributed by atoms with Gasteiger partial charge in [-0.1, -0.05) is 12.1 Å². The highest BCUT2D eigenvalue weighted by Gasteiger charge is 2.24. The van der Waals surface area contributed by atoms with E-state index in [2.05, 4.69) is 45.3 Å². The molecule has 0 aliphatic carbocycles. The fourth-order valence-electron chi connectivity index (χ4n) is 5.11. The normalized spacial score (nSPS) is 20.2. The molecular weight excluding hydrogens is 456 g/mol. The molecule has 3 aliphatic heterocycles. The van der Waals surface area contributed by atoms with Gasteiger partial charge in [0.15, 0.2) is 6.29 Å². The Hall–Kier alpha value is -3.53. The number of nitrogens with one attached hydrogen (secondary N) is 3. The molecule has 3 N–H and O–H groups in total. The molecule has 6 rings (SSSR count). The maximum atomic E-state index is 11.9. The molecule has 1 atom stereocenters. The van der Waals surface area contributed by atoms with Gasteiger partial charge in [-0.3, -0.25) is 4.68 Å². The Balaban J connectivity index is 1.29. The van der Waals surface area contributed by atoms with Gasteiger partial charge in [0.25, 0.3) is 0 Å². The van der Waals surface area contributed by atoms with Crippen molar-refractivity contribution in [3.05, 3.63) is 65.6 Å². The molecule has 0 saturated carbocycles. The number of fused-ring (bicyclic) bond motifs is 1. The second-order valence-electron chi connectivity index (χ2n) is 9.37. The van der Waals surface area contributed by atoms with Crippen LogP contribution in [0.5, 0.6) is 0 Å². The number of carbonyl (C=O) groups is 1. The molecule has 0 bridgehead atoms. The van der Waals surface area contributed by atoms with Crippen molar-refractivity contribution in [2.45, 2.75) is 37.6 Å². The Labute approximate surface area is 209 Å². The van der Waals surface area contributed by atoms with Crippen LogP contribution in [0.25, 0.3) is 17.3 Å². The molecule has 36 heavy (non-hydrogen) atoms. The summed E-state index contributed by atoms with van der Waals surface area (Å²) in [6.45, 7) is 3.88. The minimum absolute atomic E-state index is 0.276. The van der Waals surface area contributed by atoms with E-state index in [-0.39, 0.29) is 6.29 Å². The zero-order chi connectivity index (χ0) is 24.3. The lowest BCUT2D eigenvalue weighted by molar-refractivity contribution is -0.109. The van der Waals surface area contributed by atoms with Crippen LogP contribution in [0.2, 0.25) is 0 Å². The van der Waals surface area contributed by atoms with E-state index in [1.807, 2.05) is 23.0 Å². The summed E-state index contributed by atoms with van der Waals surface area (Å²) in [6.07, 6.45) is 10.5. The van der Waals surface area contributed by atoms with E-state index in [4.69, 9.17) is 14.5 Å². The third kappa shape index (κ3) is 4.77. The number of carbonyl (C=O) groups excluding carboxylic acids is 1. The van der Waals surface area contributed by atoms with E-state index in [0.29, 0.717) is 31.5 Å². The smallest absolute Gasteiger partial charge is 0.177 e. The molecule has 2 aromatic heterocycles. The lowest BCUT2D eigenvalue weighted by Crippen LogP contribution is -2.26. The third-order valence-electron chi connectivity index (χ3n) is 7.02. The van der Waals surface area contributed by atoms with E-state index in [9.17, 15) is 4.79 Å². The van der Waals surface area contributed by atoms with E-state index in [1.54, 1.807) is 12.4 Å². The van der Waals surface area contributed by atoms with Gasteiger partial charge in [0.2, 0.25) is 0 Å². The summed E-state index contributed by atoms with van der Waals surface area (Å²) in [5.41, 5.74) is 5.74. The minimum Gasteiger partial charge on any atom is -0.378 e. The largest absolute Gasteiger partial charge is 0.378 e. The molecule has 3 aromatic rings. The van der Waals surface area contributed by atoms with Crippen LogP contribution in [0, 0.1) is 0 Å². The third-order valence-corrected chi connectivity index (χ3v) is 7.02. The van der Waals surface area contributed by atoms with Crippen LogP contribution >= 0.6 is 0 Å². The molecule has 0 radical (unpaired) electrons. The first kappa shape index (κ1) is 22.9. The Morgan fingerprint density at radius 1 is 1.14 bits per heavy atom. The van der Waals surface area contributed by atoms with Crippen molar-refractivity contribution in [3.63, 3.8) is 0 Å². The number of hydrogen-bond acceptors (Lipinski definition) is 8. The van der Waals surface area contributed by atoms with Gasteiger partial charge in [0, 0.05) is 23.0 Å². The van der Waals surface area contributed by atoms with Gasteiger partial charge in [-0.2, -0.15) is 5.10 Å². The molecule has 9 nitrogen and oxygen atoms in total. The number of anilines is 2. The first-order chi connectivity index (χ1) is 17.8. The van der Waals surface area contributed by atoms with Crippen molar-refractivity contribution in [2.24, 2.45) is 0 Å². The lowest BCUT2D eigenvalue weighted by Gasteiger charge is -2.24. The number of nitrogens with zero attached hydrogens (tertiary/aromatic N) is 3. The average Bonchev–Trinajstić information content (AvgIpc) is 3.62. The van der Waals surface area contributed by atoms with Gasteiger partial charge in [0.1, 0.15) is 18.1 Å². The summed E-state index contributed by atoms with van der Waals surface area (Å²) in [5.74, 6) is 1.25. The Bertz CT molecular complexity index is 1240. The lowest BCUT2D eigenvalue weighted by atomic mass is 9.90. The molecule has 186 valence electrons. The zero-order valence-electron chi connectivity index (χ0n) is 20.0. The molecule has 2 saturated heterocycles.